The van der Waals surface area contributed by atoms with Crippen LogP contribution in [0, 0.1) is 13.8 Å². The summed E-state index contributed by atoms with van der Waals surface area (Å²) >= 11 is 0. The fourth-order valence-electron chi connectivity index (χ4n) is 1.86. The number of ketones is 1. The van der Waals surface area contributed by atoms with Crippen LogP contribution in [0.15, 0.2) is 12.1 Å². The van der Waals surface area contributed by atoms with Crippen LogP contribution in [0.3, 0.4) is 0 Å². The summed E-state index contributed by atoms with van der Waals surface area (Å²) in [6.45, 7) is 5.23. The van der Waals surface area contributed by atoms with Crippen LogP contribution in [0.1, 0.15) is 28.4 Å². The van der Waals surface area contributed by atoms with Crippen LogP contribution < -0.4 is 10.1 Å². The van der Waals surface area contributed by atoms with Crippen LogP contribution in [0.25, 0.3) is 0 Å². The molecule has 0 amide bonds. The second-order valence-corrected chi connectivity index (χ2v) is 4.53. The van der Waals surface area contributed by atoms with E-state index in [2.05, 4.69) is 5.32 Å². The third-order valence-electron chi connectivity index (χ3n) is 2.86. The van der Waals surface area contributed by atoms with E-state index in [9.17, 15) is 9.59 Å². The molecular formula is C14H19NO4. The Bertz CT molecular complexity index is 496. The van der Waals surface area contributed by atoms with Crippen molar-refractivity contribution in [3.05, 3.63) is 28.8 Å². The maximum Gasteiger partial charge on any atom is 0.320 e. The Morgan fingerprint density at radius 3 is 2.53 bits per heavy atom. The molecule has 0 saturated carbocycles. The number of Topliss-reactive ketones (excluding diaryl/α,β-unsaturated/α-hetero) is 1. The van der Waals surface area contributed by atoms with Crippen molar-refractivity contribution in [2.45, 2.75) is 26.8 Å². The van der Waals surface area contributed by atoms with E-state index in [4.69, 9.17) is 9.84 Å². The first-order valence-electron chi connectivity index (χ1n) is 6.01. The molecule has 0 radical (unpaired) electrons. The summed E-state index contributed by atoms with van der Waals surface area (Å²) in [5.41, 5.74) is 2.33. The highest BCUT2D eigenvalue weighted by atomic mass is 16.5. The highest BCUT2D eigenvalue weighted by molar-refractivity contribution is 6.00. The van der Waals surface area contributed by atoms with Gasteiger partial charge in [-0.05, 0) is 38.0 Å². The first kappa shape index (κ1) is 15.2. The van der Waals surface area contributed by atoms with Crippen LogP contribution in [0.5, 0.6) is 5.75 Å². The number of aliphatic carboxylic acids is 1. The molecule has 0 aliphatic carbocycles. The molecule has 2 N–H and O–H groups in total. The number of carbonyl (C=O) groups is 2. The summed E-state index contributed by atoms with van der Waals surface area (Å²) in [5.74, 6) is -0.627. The molecule has 0 bridgehead atoms. The average molecular weight is 265 g/mol. The van der Waals surface area contributed by atoms with Crippen molar-refractivity contribution < 1.29 is 19.4 Å². The quantitative estimate of drug-likeness (QED) is 0.763. The highest BCUT2D eigenvalue weighted by Gasteiger charge is 2.17. The Morgan fingerprint density at radius 1 is 1.37 bits per heavy atom. The number of carbonyl (C=O) groups excluding carboxylic acids is 1. The van der Waals surface area contributed by atoms with Gasteiger partial charge >= 0.3 is 5.97 Å². The van der Waals surface area contributed by atoms with Crippen molar-refractivity contribution in [2.24, 2.45) is 0 Å². The molecule has 0 spiro atoms. The van der Waals surface area contributed by atoms with E-state index >= 15 is 0 Å². The van der Waals surface area contributed by atoms with Gasteiger partial charge in [-0.2, -0.15) is 0 Å². The van der Waals surface area contributed by atoms with Crippen LogP contribution in [0.4, 0.5) is 0 Å². The predicted octanol–water partition coefficient (Wildman–Crippen LogP) is 1.56. The lowest BCUT2D eigenvalue weighted by atomic mass is 10.0. The molecule has 1 aromatic carbocycles. The SMILES string of the molecule is COc1c(C)cc(C)cc1C(=O)CNC(C)C(=O)O. The monoisotopic (exact) mass is 265 g/mol. The lowest BCUT2D eigenvalue weighted by molar-refractivity contribution is -0.138. The zero-order chi connectivity index (χ0) is 14.6. The van der Waals surface area contributed by atoms with Gasteiger partial charge in [0, 0.05) is 0 Å². The zero-order valence-electron chi connectivity index (χ0n) is 11.6. The van der Waals surface area contributed by atoms with Crippen LogP contribution >= 0.6 is 0 Å². The number of hydrogen-bond donors (Lipinski definition) is 2. The minimum absolute atomic E-state index is 0.0350. The molecule has 0 aromatic heterocycles. The van der Waals surface area contributed by atoms with E-state index in [0.29, 0.717) is 11.3 Å². The van der Waals surface area contributed by atoms with Gasteiger partial charge in [-0.15, -0.1) is 0 Å². The summed E-state index contributed by atoms with van der Waals surface area (Å²) in [5, 5.41) is 11.4. The van der Waals surface area contributed by atoms with Gasteiger partial charge in [-0.1, -0.05) is 6.07 Å². The van der Waals surface area contributed by atoms with Gasteiger partial charge in [0.1, 0.15) is 11.8 Å². The van der Waals surface area contributed by atoms with Gasteiger partial charge in [-0.3, -0.25) is 14.9 Å². The third-order valence-corrected chi connectivity index (χ3v) is 2.86. The standard InChI is InChI=1S/C14H19NO4/c1-8-5-9(2)13(19-4)11(6-8)12(16)7-15-10(3)14(17)18/h5-6,10,15H,7H2,1-4H3,(H,17,18). The lowest BCUT2D eigenvalue weighted by Gasteiger charge is -2.13. The molecule has 5 nitrogen and oxygen atoms in total. The molecule has 0 aliphatic rings. The van der Waals surface area contributed by atoms with Crippen LogP contribution in [-0.4, -0.2) is 36.6 Å². The summed E-state index contributed by atoms with van der Waals surface area (Å²) in [4.78, 5) is 22.8. The van der Waals surface area contributed by atoms with Gasteiger partial charge in [0.2, 0.25) is 0 Å². The number of carboxylic acids is 1. The molecule has 19 heavy (non-hydrogen) atoms. The molecule has 5 heteroatoms. The zero-order valence-corrected chi connectivity index (χ0v) is 11.6. The third kappa shape index (κ3) is 3.79. The molecule has 0 saturated heterocycles. The second-order valence-electron chi connectivity index (χ2n) is 4.53. The van der Waals surface area contributed by atoms with Crippen molar-refractivity contribution in [2.75, 3.05) is 13.7 Å². The van der Waals surface area contributed by atoms with Crippen molar-refractivity contribution in [3.8, 4) is 5.75 Å². The largest absolute Gasteiger partial charge is 0.496 e. The number of ether oxygens (including phenoxy) is 1. The van der Waals surface area contributed by atoms with E-state index in [1.54, 1.807) is 6.07 Å². The fourth-order valence-corrected chi connectivity index (χ4v) is 1.86. The van der Waals surface area contributed by atoms with E-state index < -0.39 is 12.0 Å². The topological polar surface area (TPSA) is 75.6 Å². The number of nitrogens with one attached hydrogen (secondary N) is 1. The molecular weight excluding hydrogens is 246 g/mol. The summed E-state index contributed by atoms with van der Waals surface area (Å²) in [7, 11) is 1.52. The van der Waals surface area contributed by atoms with E-state index in [1.807, 2.05) is 19.9 Å². The average Bonchev–Trinajstić information content (AvgIpc) is 2.34. The smallest absolute Gasteiger partial charge is 0.320 e. The maximum atomic E-state index is 12.1. The van der Waals surface area contributed by atoms with Gasteiger partial charge in [0.15, 0.2) is 5.78 Å². The predicted molar refractivity (Wildman–Crippen MR) is 71.9 cm³/mol. The Hall–Kier alpha value is -1.88. The fraction of sp³-hybridized carbons (Fsp3) is 0.429. The highest BCUT2D eigenvalue weighted by Crippen LogP contribution is 2.25. The van der Waals surface area contributed by atoms with Crippen molar-refractivity contribution >= 4 is 11.8 Å². The minimum atomic E-state index is -0.986. The van der Waals surface area contributed by atoms with Gasteiger partial charge in [-0.25, -0.2) is 0 Å². The van der Waals surface area contributed by atoms with Crippen LogP contribution in [-0.2, 0) is 4.79 Å². The van der Waals surface area contributed by atoms with Crippen molar-refractivity contribution in [1.29, 1.82) is 0 Å². The van der Waals surface area contributed by atoms with Crippen molar-refractivity contribution in [3.63, 3.8) is 0 Å². The summed E-state index contributed by atoms with van der Waals surface area (Å²) in [6, 6.07) is 2.92. The Balaban J connectivity index is 2.90. The normalized spacial score (nSPS) is 12.0. The molecule has 1 atom stereocenters. The minimum Gasteiger partial charge on any atom is -0.496 e. The molecule has 0 fully saturated rings. The first-order chi connectivity index (χ1) is 8.86. The van der Waals surface area contributed by atoms with E-state index in [1.165, 1.54) is 14.0 Å². The summed E-state index contributed by atoms with van der Waals surface area (Å²) < 4.78 is 5.24. The van der Waals surface area contributed by atoms with Crippen LogP contribution in [0.2, 0.25) is 0 Å². The van der Waals surface area contributed by atoms with E-state index in [-0.39, 0.29) is 12.3 Å². The van der Waals surface area contributed by atoms with Gasteiger partial charge in [0.25, 0.3) is 0 Å². The molecule has 1 aromatic rings. The number of carboxylic acid groups (broad SMARTS) is 1. The number of benzene rings is 1. The molecule has 1 unspecified atom stereocenters. The van der Waals surface area contributed by atoms with Gasteiger partial charge in [0.05, 0.1) is 19.2 Å². The number of hydrogen-bond acceptors (Lipinski definition) is 4. The Kier molecular flexibility index (Phi) is 5.06. The first-order valence-corrected chi connectivity index (χ1v) is 6.01. The number of methoxy groups -OCH3 is 1. The molecule has 0 aliphatic heterocycles. The summed E-state index contributed by atoms with van der Waals surface area (Å²) in [6.07, 6.45) is 0. The maximum absolute atomic E-state index is 12.1. The van der Waals surface area contributed by atoms with E-state index in [0.717, 1.165) is 11.1 Å². The van der Waals surface area contributed by atoms with Crippen molar-refractivity contribution in [1.82, 2.24) is 5.32 Å². The Labute approximate surface area is 112 Å². The molecule has 0 heterocycles. The number of rotatable bonds is 6. The number of aryl methyl sites for hydroxylation is 2. The molecule has 1 rings (SSSR count). The molecule has 104 valence electrons. The Morgan fingerprint density at radius 2 is 2.00 bits per heavy atom. The van der Waals surface area contributed by atoms with Gasteiger partial charge < -0.3 is 9.84 Å². The second kappa shape index (κ2) is 6.33. The lowest BCUT2D eigenvalue weighted by Crippen LogP contribution is -2.37.